The number of ether oxygens (including phenoxy) is 1. The van der Waals surface area contributed by atoms with Crippen molar-refractivity contribution in [1.29, 1.82) is 0 Å². The van der Waals surface area contributed by atoms with E-state index in [0.29, 0.717) is 11.6 Å². The number of carbonyl (C=O) groups excluding carboxylic acids is 1. The Morgan fingerprint density at radius 2 is 1.88 bits per heavy atom. The van der Waals surface area contributed by atoms with E-state index in [4.69, 9.17) is 4.74 Å². The van der Waals surface area contributed by atoms with Crippen LogP contribution in [0.5, 0.6) is 0 Å². The van der Waals surface area contributed by atoms with Crippen molar-refractivity contribution < 1.29 is 13.9 Å². The summed E-state index contributed by atoms with van der Waals surface area (Å²) in [6, 6.07) is 12.2. The molecule has 1 aromatic heterocycles. The molecule has 1 aliphatic rings. The minimum Gasteiger partial charge on any atom is -0.379 e. The van der Waals surface area contributed by atoms with Crippen molar-refractivity contribution in [3.63, 3.8) is 0 Å². The molecular weight excluding hydrogens is 441 g/mol. The van der Waals surface area contributed by atoms with Gasteiger partial charge in [0.15, 0.2) is 5.16 Å². The molecule has 2 heterocycles. The lowest BCUT2D eigenvalue weighted by Gasteiger charge is -2.26. The quantitative estimate of drug-likeness (QED) is 0.508. The number of anilines is 1. The smallest absolute Gasteiger partial charge is 0.234 e. The number of nitrogens with one attached hydrogen (secondary N) is 1. The van der Waals surface area contributed by atoms with Gasteiger partial charge in [-0.3, -0.25) is 14.3 Å². The summed E-state index contributed by atoms with van der Waals surface area (Å²) in [5.74, 6) is 0.558. The number of amides is 1. The zero-order valence-electron chi connectivity index (χ0n) is 18.9. The largest absolute Gasteiger partial charge is 0.379 e. The van der Waals surface area contributed by atoms with Crippen LogP contribution in [0.15, 0.2) is 47.6 Å². The summed E-state index contributed by atoms with van der Waals surface area (Å²) in [5.41, 5.74) is 3.69. The van der Waals surface area contributed by atoms with Gasteiger partial charge in [-0.15, -0.1) is 10.2 Å². The first-order valence-corrected chi connectivity index (χ1v) is 12.0. The molecule has 3 aromatic rings. The highest BCUT2D eigenvalue weighted by atomic mass is 32.2. The second-order valence-electron chi connectivity index (χ2n) is 8.07. The highest BCUT2D eigenvalue weighted by molar-refractivity contribution is 7.99. The van der Waals surface area contributed by atoms with Gasteiger partial charge in [0.2, 0.25) is 5.91 Å². The van der Waals surface area contributed by atoms with Gasteiger partial charge in [-0.1, -0.05) is 23.9 Å². The fraction of sp³-hybridized carbons (Fsp3) is 0.375. The highest BCUT2D eigenvalue weighted by Gasteiger charge is 2.18. The molecule has 0 atom stereocenters. The van der Waals surface area contributed by atoms with Crippen molar-refractivity contribution in [2.45, 2.75) is 25.4 Å². The Balaban J connectivity index is 1.48. The maximum absolute atomic E-state index is 13.5. The van der Waals surface area contributed by atoms with Crippen LogP contribution < -0.4 is 5.32 Å². The zero-order chi connectivity index (χ0) is 23.2. The van der Waals surface area contributed by atoms with Gasteiger partial charge in [0.25, 0.3) is 0 Å². The molecule has 1 saturated heterocycles. The van der Waals surface area contributed by atoms with Crippen molar-refractivity contribution in [2.75, 3.05) is 43.9 Å². The minimum absolute atomic E-state index is 0.114. The van der Waals surface area contributed by atoms with E-state index in [-0.39, 0.29) is 17.5 Å². The number of thioether (sulfide) groups is 1. The monoisotopic (exact) mass is 469 g/mol. The van der Waals surface area contributed by atoms with Gasteiger partial charge in [-0.25, -0.2) is 4.39 Å². The first kappa shape index (κ1) is 23.4. The van der Waals surface area contributed by atoms with Gasteiger partial charge in [0.1, 0.15) is 11.6 Å². The molecule has 1 fully saturated rings. The van der Waals surface area contributed by atoms with Crippen molar-refractivity contribution in [3.8, 4) is 5.69 Å². The molecule has 4 rings (SSSR count). The fourth-order valence-corrected chi connectivity index (χ4v) is 4.45. The van der Waals surface area contributed by atoms with Crippen LogP contribution in [-0.2, 0) is 16.0 Å². The molecule has 1 aliphatic heterocycles. The predicted octanol–water partition coefficient (Wildman–Crippen LogP) is 3.63. The van der Waals surface area contributed by atoms with Crippen molar-refractivity contribution >= 4 is 23.4 Å². The molecule has 0 spiro atoms. The van der Waals surface area contributed by atoms with Crippen LogP contribution in [0.3, 0.4) is 0 Å². The van der Waals surface area contributed by atoms with Crippen LogP contribution >= 0.6 is 11.8 Å². The van der Waals surface area contributed by atoms with Gasteiger partial charge in [0, 0.05) is 37.4 Å². The van der Waals surface area contributed by atoms with Gasteiger partial charge >= 0.3 is 0 Å². The summed E-state index contributed by atoms with van der Waals surface area (Å²) in [4.78, 5) is 15.0. The van der Waals surface area contributed by atoms with Gasteiger partial charge in [0.05, 0.1) is 19.0 Å². The molecule has 2 aromatic carbocycles. The van der Waals surface area contributed by atoms with Gasteiger partial charge in [-0.05, 0) is 55.3 Å². The Morgan fingerprint density at radius 3 is 2.64 bits per heavy atom. The number of morpholine rings is 1. The van der Waals surface area contributed by atoms with Crippen molar-refractivity contribution in [2.24, 2.45) is 0 Å². The fourth-order valence-electron chi connectivity index (χ4n) is 3.67. The lowest BCUT2D eigenvalue weighted by molar-refractivity contribution is -0.113. The van der Waals surface area contributed by atoms with Crippen LogP contribution in [0, 0.1) is 19.7 Å². The van der Waals surface area contributed by atoms with Crippen LogP contribution in [0.4, 0.5) is 10.1 Å². The number of benzene rings is 2. The normalized spacial score (nSPS) is 14.4. The number of hydrogen-bond acceptors (Lipinski definition) is 6. The number of halogens is 1. The van der Waals surface area contributed by atoms with Crippen LogP contribution in [0.1, 0.15) is 17.0 Å². The summed E-state index contributed by atoms with van der Waals surface area (Å²) in [5, 5.41) is 12.3. The maximum Gasteiger partial charge on any atom is 0.234 e. The number of hydrogen-bond donors (Lipinski definition) is 1. The Bertz CT molecular complexity index is 1100. The predicted molar refractivity (Wildman–Crippen MR) is 128 cm³/mol. The molecule has 33 heavy (non-hydrogen) atoms. The van der Waals surface area contributed by atoms with Crippen molar-refractivity contribution in [1.82, 2.24) is 19.7 Å². The third-order valence-electron chi connectivity index (χ3n) is 5.54. The first-order valence-electron chi connectivity index (χ1n) is 11.0. The highest BCUT2D eigenvalue weighted by Crippen LogP contribution is 2.24. The molecule has 1 N–H and O–H groups in total. The van der Waals surface area contributed by atoms with Gasteiger partial charge < -0.3 is 10.1 Å². The maximum atomic E-state index is 13.5. The summed E-state index contributed by atoms with van der Waals surface area (Å²) < 4.78 is 20.9. The van der Waals surface area contributed by atoms with Crippen LogP contribution in [-0.4, -0.2) is 64.2 Å². The molecule has 1 amide bonds. The van der Waals surface area contributed by atoms with E-state index in [1.807, 2.05) is 36.6 Å². The number of rotatable bonds is 8. The molecule has 0 unspecified atom stereocenters. The van der Waals surface area contributed by atoms with Crippen LogP contribution in [0.25, 0.3) is 5.69 Å². The van der Waals surface area contributed by atoms with Crippen LogP contribution in [0.2, 0.25) is 0 Å². The molecule has 9 heteroatoms. The third kappa shape index (κ3) is 6.19. The summed E-state index contributed by atoms with van der Waals surface area (Å²) in [6.07, 6.45) is 0.694. The van der Waals surface area contributed by atoms with E-state index in [1.165, 1.54) is 23.9 Å². The van der Waals surface area contributed by atoms with Gasteiger partial charge in [-0.2, -0.15) is 0 Å². The SMILES string of the molecule is Cc1ccc(C)c(NC(=O)CSc2nnc(CCN3CCOCC3)n2-c2ccc(F)cc2)c1. The molecule has 0 radical (unpaired) electrons. The van der Waals surface area contributed by atoms with E-state index in [0.717, 1.165) is 61.2 Å². The lowest BCUT2D eigenvalue weighted by atomic mass is 10.1. The molecule has 0 bridgehead atoms. The molecule has 174 valence electrons. The summed E-state index contributed by atoms with van der Waals surface area (Å²) >= 11 is 1.32. The minimum atomic E-state index is -0.302. The average molecular weight is 470 g/mol. The van der Waals surface area contributed by atoms with E-state index >= 15 is 0 Å². The number of nitrogens with zero attached hydrogens (tertiary/aromatic N) is 4. The van der Waals surface area contributed by atoms with Crippen molar-refractivity contribution in [3.05, 3.63) is 65.2 Å². The molecule has 0 saturated carbocycles. The second kappa shape index (κ2) is 10.9. The topological polar surface area (TPSA) is 72.3 Å². The third-order valence-corrected chi connectivity index (χ3v) is 6.47. The lowest BCUT2D eigenvalue weighted by Crippen LogP contribution is -2.37. The number of carbonyl (C=O) groups is 1. The van der Waals surface area contributed by atoms with E-state index in [2.05, 4.69) is 20.4 Å². The van der Waals surface area contributed by atoms with E-state index < -0.39 is 0 Å². The van der Waals surface area contributed by atoms with E-state index in [1.54, 1.807) is 12.1 Å². The Labute approximate surface area is 197 Å². The Kier molecular flexibility index (Phi) is 7.74. The number of aromatic nitrogens is 3. The summed E-state index contributed by atoms with van der Waals surface area (Å²) in [7, 11) is 0. The van der Waals surface area contributed by atoms with E-state index in [9.17, 15) is 9.18 Å². The zero-order valence-corrected chi connectivity index (χ0v) is 19.7. The Hall–Kier alpha value is -2.75. The second-order valence-corrected chi connectivity index (χ2v) is 9.01. The molecular formula is C24H28FN5O2S. The standard InChI is InChI=1S/C24H28FN5O2S/c1-17-3-4-18(2)21(15-17)26-23(31)16-33-24-28-27-22(9-10-29-11-13-32-14-12-29)30(24)20-7-5-19(25)6-8-20/h3-8,15H,9-14,16H2,1-2H3,(H,26,31). The molecule has 0 aliphatic carbocycles. The number of aryl methyl sites for hydroxylation is 2. The average Bonchev–Trinajstić information content (AvgIpc) is 3.23. The first-order chi connectivity index (χ1) is 16.0. The Morgan fingerprint density at radius 1 is 1.12 bits per heavy atom. The summed E-state index contributed by atoms with van der Waals surface area (Å²) in [6.45, 7) is 8.06. The molecule has 7 nitrogen and oxygen atoms in total.